The van der Waals surface area contributed by atoms with Crippen LogP contribution in [0.3, 0.4) is 0 Å². The van der Waals surface area contributed by atoms with Gasteiger partial charge < -0.3 is 0 Å². The van der Waals surface area contributed by atoms with Gasteiger partial charge in [0.25, 0.3) is 0 Å². The molecule has 2 aromatic rings. The van der Waals surface area contributed by atoms with Crippen LogP contribution in [0.2, 0.25) is 0 Å². The Hall–Kier alpha value is -1.85. The SMILES string of the molecule is O=Cc1ccc(-c2ccc(C=O)cn2)nc1.[Co]. The van der Waals surface area contributed by atoms with Gasteiger partial charge in [0.15, 0.2) is 12.6 Å². The minimum absolute atomic E-state index is 0. The zero-order valence-corrected chi connectivity index (χ0v) is 9.70. The molecule has 0 N–H and O–H groups in total. The molecule has 2 rings (SSSR count). The van der Waals surface area contributed by atoms with Gasteiger partial charge in [-0.2, -0.15) is 0 Å². The van der Waals surface area contributed by atoms with Crippen molar-refractivity contribution in [3.05, 3.63) is 47.8 Å². The van der Waals surface area contributed by atoms with Gasteiger partial charge in [-0.15, -0.1) is 0 Å². The maximum atomic E-state index is 10.4. The maximum Gasteiger partial charge on any atom is 0.151 e. The van der Waals surface area contributed by atoms with Crippen molar-refractivity contribution in [2.45, 2.75) is 0 Å². The molecule has 0 aliphatic heterocycles. The number of rotatable bonds is 3. The monoisotopic (exact) mass is 271 g/mol. The Morgan fingerprint density at radius 2 is 1.18 bits per heavy atom. The third-order valence-electron chi connectivity index (χ3n) is 2.11. The second kappa shape index (κ2) is 6.02. The van der Waals surface area contributed by atoms with Gasteiger partial charge in [0, 0.05) is 40.3 Å². The molecule has 2 aromatic heterocycles. The molecular weight excluding hydrogens is 263 g/mol. The first-order valence-electron chi connectivity index (χ1n) is 4.66. The number of hydrogen-bond donors (Lipinski definition) is 0. The third kappa shape index (κ3) is 3.05. The Bertz CT molecular complexity index is 460. The molecule has 4 nitrogen and oxygen atoms in total. The van der Waals surface area contributed by atoms with E-state index in [1.165, 1.54) is 12.4 Å². The summed E-state index contributed by atoms with van der Waals surface area (Å²) in [6.07, 6.45) is 4.44. The molecule has 87 valence electrons. The Morgan fingerprint density at radius 1 is 0.765 bits per heavy atom. The van der Waals surface area contributed by atoms with Crippen molar-refractivity contribution in [2.24, 2.45) is 0 Å². The van der Waals surface area contributed by atoms with Crippen molar-refractivity contribution in [1.29, 1.82) is 0 Å². The average Bonchev–Trinajstić information content (AvgIpc) is 2.39. The van der Waals surface area contributed by atoms with Crippen molar-refractivity contribution >= 4 is 12.6 Å². The summed E-state index contributed by atoms with van der Waals surface area (Å²) in [6, 6.07) is 6.77. The maximum absolute atomic E-state index is 10.4. The Kier molecular flexibility index (Phi) is 4.68. The smallest absolute Gasteiger partial charge is 0.151 e. The van der Waals surface area contributed by atoms with Gasteiger partial charge >= 0.3 is 0 Å². The normalized spacial score (nSPS) is 9.18. The predicted octanol–water partition coefficient (Wildman–Crippen LogP) is 1.77. The third-order valence-corrected chi connectivity index (χ3v) is 2.11. The second-order valence-corrected chi connectivity index (χ2v) is 3.19. The first kappa shape index (κ1) is 13.2. The molecule has 0 amide bonds. The molecule has 0 aliphatic carbocycles. The number of carbonyl (C=O) groups excluding carboxylic acids is 2. The van der Waals surface area contributed by atoms with Crippen molar-refractivity contribution in [2.75, 3.05) is 0 Å². The first-order chi connectivity index (χ1) is 7.83. The zero-order chi connectivity index (χ0) is 11.4. The van der Waals surface area contributed by atoms with Gasteiger partial charge in [-0.05, 0) is 24.3 Å². The van der Waals surface area contributed by atoms with Crippen molar-refractivity contribution in [3.8, 4) is 11.4 Å². The number of nitrogens with zero attached hydrogens (tertiary/aromatic N) is 2. The van der Waals surface area contributed by atoms with Crippen molar-refractivity contribution in [3.63, 3.8) is 0 Å². The van der Waals surface area contributed by atoms with Crippen LogP contribution >= 0.6 is 0 Å². The van der Waals surface area contributed by atoms with Gasteiger partial charge in [-0.25, -0.2) is 0 Å². The fourth-order valence-corrected chi connectivity index (χ4v) is 1.25. The number of pyridine rings is 2. The molecule has 0 saturated carbocycles. The summed E-state index contributed by atoms with van der Waals surface area (Å²) in [7, 11) is 0. The number of hydrogen-bond acceptors (Lipinski definition) is 4. The predicted molar refractivity (Wildman–Crippen MR) is 58.2 cm³/mol. The van der Waals surface area contributed by atoms with Crippen LogP contribution in [0.5, 0.6) is 0 Å². The van der Waals surface area contributed by atoms with Crippen LogP contribution in [0.4, 0.5) is 0 Å². The van der Waals surface area contributed by atoms with Crippen LogP contribution in [0.15, 0.2) is 36.7 Å². The van der Waals surface area contributed by atoms with Crippen molar-refractivity contribution < 1.29 is 26.4 Å². The summed E-state index contributed by atoms with van der Waals surface area (Å²) >= 11 is 0. The Morgan fingerprint density at radius 3 is 1.41 bits per heavy atom. The molecule has 0 aromatic carbocycles. The fraction of sp³-hybridized carbons (Fsp3) is 0. The van der Waals surface area contributed by atoms with E-state index in [0.717, 1.165) is 12.6 Å². The van der Waals surface area contributed by atoms with Gasteiger partial charge in [-0.1, -0.05) is 0 Å². The van der Waals surface area contributed by atoms with Crippen LogP contribution in [-0.4, -0.2) is 22.5 Å². The van der Waals surface area contributed by atoms with E-state index >= 15 is 0 Å². The molecule has 0 bridgehead atoms. The van der Waals surface area contributed by atoms with E-state index in [0.29, 0.717) is 22.5 Å². The topological polar surface area (TPSA) is 59.9 Å². The van der Waals surface area contributed by atoms with E-state index in [1.54, 1.807) is 24.3 Å². The van der Waals surface area contributed by atoms with Gasteiger partial charge in [0.05, 0.1) is 11.4 Å². The average molecular weight is 271 g/mol. The Balaban J connectivity index is 0.00000144. The van der Waals surface area contributed by atoms with Crippen LogP contribution in [-0.2, 0) is 16.8 Å². The van der Waals surface area contributed by atoms with E-state index < -0.39 is 0 Å². The largest absolute Gasteiger partial charge is 0.298 e. The molecule has 1 radical (unpaired) electrons. The minimum atomic E-state index is 0. The molecule has 17 heavy (non-hydrogen) atoms. The van der Waals surface area contributed by atoms with Gasteiger partial charge in [0.1, 0.15) is 0 Å². The number of carbonyl (C=O) groups is 2. The number of aromatic nitrogens is 2. The summed E-state index contributed by atoms with van der Waals surface area (Å²) < 4.78 is 0. The fourth-order valence-electron chi connectivity index (χ4n) is 1.25. The quantitative estimate of drug-likeness (QED) is 0.798. The molecule has 2 heterocycles. The molecule has 5 heteroatoms. The van der Waals surface area contributed by atoms with E-state index in [1.807, 2.05) is 0 Å². The molecule has 0 unspecified atom stereocenters. The molecule has 0 saturated heterocycles. The summed E-state index contributed by atoms with van der Waals surface area (Å²) in [4.78, 5) is 29.1. The van der Waals surface area contributed by atoms with Crippen LogP contribution < -0.4 is 0 Å². The molecule has 0 fully saturated rings. The Labute approximate surface area is 108 Å². The van der Waals surface area contributed by atoms with E-state index in [2.05, 4.69) is 9.97 Å². The summed E-state index contributed by atoms with van der Waals surface area (Å²) in [5, 5.41) is 0. The summed E-state index contributed by atoms with van der Waals surface area (Å²) in [5.74, 6) is 0. The molecule has 0 spiro atoms. The number of aldehydes is 2. The molecular formula is C12H8CoN2O2. The minimum Gasteiger partial charge on any atom is -0.298 e. The van der Waals surface area contributed by atoms with E-state index in [-0.39, 0.29) is 16.8 Å². The first-order valence-corrected chi connectivity index (χ1v) is 4.66. The van der Waals surface area contributed by atoms with E-state index in [4.69, 9.17) is 0 Å². The van der Waals surface area contributed by atoms with E-state index in [9.17, 15) is 9.59 Å². The zero-order valence-electron chi connectivity index (χ0n) is 8.66. The van der Waals surface area contributed by atoms with Gasteiger partial charge in [-0.3, -0.25) is 19.6 Å². The van der Waals surface area contributed by atoms with Gasteiger partial charge in [0.2, 0.25) is 0 Å². The van der Waals surface area contributed by atoms with Crippen LogP contribution in [0.25, 0.3) is 11.4 Å². The molecule has 0 atom stereocenters. The van der Waals surface area contributed by atoms with Crippen molar-refractivity contribution in [1.82, 2.24) is 9.97 Å². The molecule has 0 aliphatic rings. The van der Waals surface area contributed by atoms with Crippen LogP contribution in [0, 0.1) is 0 Å². The summed E-state index contributed by atoms with van der Waals surface area (Å²) in [5.41, 5.74) is 2.38. The standard InChI is InChI=1S/C12H8N2O2.Co/c15-7-9-1-3-11(13-5-9)12-4-2-10(8-16)6-14-12;/h1-8H;. The second-order valence-electron chi connectivity index (χ2n) is 3.19. The van der Waals surface area contributed by atoms with Crippen LogP contribution in [0.1, 0.15) is 20.7 Å². The summed E-state index contributed by atoms with van der Waals surface area (Å²) in [6.45, 7) is 0.